The number of aliphatic hydroxyl groups excluding tert-OH is 1. The average molecular weight is 272 g/mol. The zero-order chi connectivity index (χ0) is 12.7. The predicted octanol–water partition coefficient (Wildman–Crippen LogP) is 0.608. The van der Waals surface area contributed by atoms with Crippen molar-refractivity contribution in [2.75, 3.05) is 24.7 Å². The number of morpholine rings is 1. The van der Waals surface area contributed by atoms with Crippen LogP contribution in [0.3, 0.4) is 0 Å². The zero-order valence-electron chi connectivity index (χ0n) is 9.97. The Balaban J connectivity index is 2.09. The summed E-state index contributed by atoms with van der Waals surface area (Å²) < 4.78 is 11.2. The van der Waals surface area contributed by atoms with Gasteiger partial charge in [-0.15, -0.1) is 0 Å². The van der Waals surface area contributed by atoms with E-state index in [-0.39, 0.29) is 24.0 Å². The molecule has 1 aromatic heterocycles. The first-order valence-corrected chi connectivity index (χ1v) is 6.24. The maximum Gasteiger partial charge on any atom is 0.224 e. The lowest BCUT2D eigenvalue weighted by Gasteiger charge is -2.44. The van der Waals surface area contributed by atoms with Crippen molar-refractivity contribution in [1.29, 1.82) is 0 Å². The Bertz CT molecular complexity index is 471. The highest BCUT2D eigenvalue weighted by molar-refractivity contribution is 6.28. The van der Waals surface area contributed by atoms with Crippen LogP contribution in [0.2, 0.25) is 5.28 Å². The first-order valence-electron chi connectivity index (χ1n) is 5.87. The average Bonchev–Trinajstić information content (AvgIpc) is 2.37. The molecule has 7 heteroatoms. The highest BCUT2D eigenvalue weighted by Gasteiger charge is 2.37. The van der Waals surface area contributed by atoms with Gasteiger partial charge in [0, 0.05) is 0 Å². The third-order valence-corrected chi connectivity index (χ3v) is 3.41. The molecule has 0 spiro atoms. The molecule has 3 heterocycles. The van der Waals surface area contributed by atoms with E-state index >= 15 is 0 Å². The summed E-state index contributed by atoms with van der Waals surface area (Å²) in [6.45, 7) is 3.62. The molecule has 3 rings (SSSR count). The van der Waals surface area contributed by atoms with Crippen LogP contribution in [0.4, 0.5) is 5.82 Å². The number of fused-ring (bicyclic) bond motifs is 3. The molecule has 0 saturated carbocycles. The quantitative estimate of drug-likeness (QED) is 0.755. The summed E-state index contributed by atoms with van der Waals surface area (Å²) in [4.78, 5) is 10.4. The van der Waals surface area contributed by atoms with E-state index < -0.39 is 0 Å². The zero-order valence-corrected chi connectivity index (χ0v) is 10.7. The monoisotopic (exact) mass is 271 g/mol. The van der Waals surface area contributed by atoms with Crippen LogP contribution in [0, 0.1) is 0 Å². The van der Waals surface area contributed by atoms with Gasteiger partial charge in [0.05, 0.1) is 31.9 Å². The smallest absolute Gasteiger partial charge is 0.224 e. The van der Waals surface area contributed by atoms with Gasteiger partial charge in [-0.3, -0.25) is 0 Å². The van der Waals surface area contributed by atoms with E-state index in [0.717, 1.165) is 0 Å². The third kappa shape index (κ3) is 1.81. The molecule has 0 unspecified atom stereocenters. The Labute approximate surface area is 109 Å². The van der Waals surface area contributed by atoms with Crippen LogP contribution in [0.15, 0.2) is 0 Å². The Morgan fingerprint density at radius 1 is 1.39 bits per heavy atom. The van der Waals surface area contributed by atoms with Crippen molar-refractivity contribution < 1.29 is 14.6 Å². The van der Waals surface area contributed by atoms with Crippen LogP contribution in [-0.2, 0) is 11.3 Å². The maximum absolute atomic E-state index is 9.31. The lowest BCUT2D eigenvalue weighted by Crippen LogP contribution is -2.56. The van der Waals surface area contributed by atoms with E-state index in [4.69, 9.17) is 21.1 Å². The van der Waals surface area contributed by atoms with Crippen molar-refractivity contribution in [2.24, 2.45) is 0 Å². The second-order valence-electron chi connectivity index (χ2n) is 4.51. The van der Waals surface area contributed by atoms with Gasteiger partial charge in [-0.05, 0) is 18.5 Å². The summed E-state index contributed by atoms with van der Waals surface area (Å²) in [5, 5.41) is 9.43. The number of halogens is 1. The van der Waals surface area contributed by atoms with Crippen molar-refractivity contribution in [3.05, 3.63) is 11.0 Å². The minimum atomic E-state index is -0.214. The summed E-state index contributed by atoms with van der Waals surface area (Å²) >= 11 is 5.89. The number of aliphatic hydroxyl groups is 1. The van der Waals surface area contributed by atoms with Crippen LogP contribution < -0.4 is 9.64 Å². The summed E-state index contributed by atoms with van der Waals surface area (Å²) in [5.74, 6) is 1.19. The highest BCUT2D eigenvalue weighted by atomic mass is 35.5. The third-order valence-electron chi connectivity index (χ3n) is 3.24. The molecule has 0 amide bonds. The molecular formula is C11H14ClN3O3. The Hall–Kier alpha value is -1.11. The molecule has 1 fully saturated rings. The Kier molecular flexibility index (Phi) is 3.01. The van der Waals surface area contributed by atoms with Crippen LogP contribution in [0.25, 0.3) is 0 Å². The second-order valence-corrected chi connectivity index (χ2v) is 4.85. The van der Waals surface area contributed by atoms with Gasteiger partial charge in [-0.25, -0.2) is 4.98 Å². The number of hydrogen-bond donors (Lipinski definition) is 1. The summed E-state index contributed by atoms with van der Waals surface area (Å²) in [5.41, 5.74) is 0.433. The molecule has 0 bridgehead atoms. The van der Waals surface area contributed by atoms with Gasteiger partial charge in [0.2, 0.25) is 5.28 Å². The maximum atomic E-state index is 9.31. The van der Waals surface area contributed by atoms with E-state index in [2.05, 4.69) is 21.8 Å². The molecule has 2 aliphatic heterocycles. The number of hydrogen-bond acceptors (Lipinski definition) is 6. The van der Waals surface area contributed by atoms with Gasteiger partial charge < -0.3 is 19.5 Å². The first-order chi connectivity index (χ1) is 8.70. The van der Waals surface area contributed by atoms with E-state index in [1.54, 1.807) is 0 Å². The van der Waals surface area contributed by atoms with Gasteiger partial charge in [-0.2, -0.15) is 4.98 Å². The number of anilines is 1. The molecule has 0 aliphatic carbocycles. The molecule has 98 valence electrons. The minimum absolute atomic E-state index is 0.126. The van der Waals surface area contributed by atoms with E-state index in [0.29, 0.717) is 37.1 Å². The first kappa shape index (κ1) is 12.0. The lowest BCUT2D eigenvalue weighted by molar-refractivity contribution is 0.0480. The topological polar surface area (TPSA) is 67.7 Å². The molecular weight excluding hydrogens is 258 g/mol. The number of rotatable bonds is 1. The number of ether oxygens (including phenoxy) is 2. The van der Waals surface area contributed by atoms with Crippen molar-refractivity contribution in [3.8, 4) is 5.75 Å². The lowest BCUT2D eigenvalue weighted by atomic mass is 10.1. The fourth-order valence-corrected chi connectivity index (χ4v) is 2.65. The van der Waals surface area contributed by atoms with Gasteiger partial charge in [0.1, 0.15) is 12.3 Å². The number of aromatic nitrogens is 2. The summed E-state index contributed by atoms with van der Waals surface area (Å²) in [6.07, 6.45) is 0. The van der Waals surface area contributed by atoms with Crippen molar-refractivity contribution >= 4 is 17.4 Å². The predicted molar refractivity (Wildman–Crippen MR) is 65.0 cm³/mol. The SMILES string of the molecule is C[C@@H]1COC[C@H]2COc3c(CO)nc(Cl)nc3N21. The summed E-state index contributed by atoms with van der Waals surface area (Å²) in [7, 11) is 0. The molecule has 0 aromatic carbocycles. The molecule has 2 atom stereocenters. The molecule has 1 saturated heterocycles. The molecule has 1 N–H and O–H groups in total. The van der Waals surface area contributed by atoms with Crippen molar-refractivity contribution in [3.63, 3.8) is 0 Å². The van der Waals surface area contributed by atoms with Crippen molar-refractivity contribution in [1.82, 2.24) is 9.97 Å². The molecule has 1 aromatic rings. The normalized spacial score (nSPS) is 26.3. The fourth-order valence-electron chi connectivity index (χ4n) is 2.47. The number of nitrogens with zero attached hydrogens (tertiary/aromatic N) is 3. The van der Waals surface area contributed by atoms with Crippen LogP contribution in [0.1, 0.15) is 12.6 Å². The Morgan fingerprint density at radius 2 is 2.22 bits per heavy atom. The minimum Gasteiger partial charge on any atom is -0.486 e. The molecule has 2 aliphatic rings. The van der Waals surface area contributed by atoms with Crippen LogP contribution >= 0.6 is 11.6 Å². The Morgan fingerprint density at radius 3 is 3.00 bits per heavy atom. The summed E-state index contributed by atoms with van der Waals surface area (Å²) in [6, 6.07) is 0.336. The van der Waals surface area contributed by atoms with Gasteiger partial charge in [0.15, 0.2) is 11.6 Å². The fraction of sp³-hybridized carbons (Fsp3) is 0.636. The van der Waals surface area contributed by atoms with Gasteiger partial charge in [-0.1, -0.05) is 0 Å². The second kappa shape index (κ2) is 4.53. The van der Waals surface area contributed by atoms with E-state index in [9.17, 15) is 5.11 Å². The van der Waals surface area contributed by atoms with Crippen LogP contribution in [0.5, 0.6) is 5.75 Å². The highest BCUT2D eigenvalue weighted by Crippen LogP contribution is 2.37. The molecule has 6 nitrogen and oxygen atoms in total. The standard InChI is InChI=1S/C11H14ClN3O3/c1-6-3-17-4-7-5-18-9-8(2-16)13-11(12)14-10(9)15(6)7/h6-7,16H,2-5H2,1H3/t6-,7+/m1/s1. The molecule has 0 radical (unpaired) electrons. The van der Waals surface area contributed by atoms with E-state index in [1.807, 2.05) is 0 Å². The van der Waals surface area contributed by atoms with E-state index in [1.165, 1.54) is 0 Å². The largest absolute Gasteiger partial charge is 0.486 e. The molecule has 18 heavy (non-hydrogen) atoms. The van der Waals surface area contributed by atoms with Gasteiger partial charge >= 0.3 is 0 Å². The van der Waals surface area contributed by atoms with Gasteiger partial charge in [0.25, 0.3) is 0 Å². The van der Waals surface area contributed by atoms with Crippen molar-refractivity contribution in [2.45, 2.75) is 25.6 Å². The van der Waals surface area contributed by atoms with Crippen LogP contribution in [-0.4, -0.2) is 47.0 Å².